The van der Waals surface area contributed by atoms with Gasteiger partial charge in [-0.15, -0.1) is 0 Å². The molecule has 0 fully saturated rings. The third kappa shape index (κ3) is 4.52. The van der Waals surface area contributed by atoms with Gasteiger partial charge < -0.3 is 10.1 Å². The number of ether oxygens (including phenoxy) is 1. The van der Waals surface area contributed by atoms with Gasteiger partial charge >= 0.3 is 0 Å². The molecule has 16 heavy (non-hydrogen) atoms. The SMILES string of the molecule is CNCC(OCC(C)C)c1cccc(Cl)c1. The molecule has 0 bridgehead atoms. The molecule has 0 amide bonds. The smallest absolute Gasteiger partial charge is 0.0949 e. The third-order valence-corrected chi connectivity index (χ3v) is 2.48. The molecule has 90 valence electrons. The van der Waals surface area contributed by atoms with Crippen LogP contribution in [0.2, 0.25) is 5.02 Å². The Hall–Kier alpha value is -0.570. The van der Waals surface area contributed by atoms with Gasteiger partial charge in [0.2, 0.25) is 0 Å². The fourth-order valence-electron chi connectivity index (χ4n) is 1.47. The summed E-state index contributed by atoms with van der Waals surface area (Å²) >= 11 is 5.98. The highest BCUT2D eigenvalue weighted by Crippen LogP contribution is 2.21. The van der Waals surface area contributed by atoms with Crippen LogP contribution in [0, 0.1) is 5.92 Å². The van der Waals surface area contributed by atoms with Crippen molar-refractivity contribution >= 4 is 11.6 Å². The van der Waals surface area contributed by atoms with Crippen LogP contribution in [-0.4, -0.2) is 20.2 Å². The predicted octanol–water partition coefficient (Wildman–Crippen LogP) is 3.27. The van der Waals surface area contributed by atoms with Gasteiger partial charge in [0, 0.05) is 18.2 Å². The maximum absolute atomic E-state index is 5.98. The molecule has 1 rings (SSSR count). The fourth-order valence-corrected chi connectivity index (χ4v) is 1.67. The maximum atomic E-state index is 5.98. The lowest BCUT2D eigenvalue weighted by atomic mass is 10.1. The summed E-state index contributed by atoms with van der Waals surface area (Å²) in [5, 5.41) is 3.90. The van der Waals surface area contributed by atoms with Gasteiger partial charge in [-0.1, -0.05) is 37.6 Å². The van der Waals surface area contributed by atoms with E-state index in [1.54, 1.807) is 0 Å². The Morgan fingerprint density at radius 2 is 2.12 bits per heavy atom. The van der Waals surface area contributed by atoms with Crippen molar-refractivity contribution in [3.63, 3.8) is 0 Å². The van der Waals surface area contributed by atoms with Crippen LogP contribution >= 0.6 is 11.6 Å². The third-order valence-electron chi connectivity index (χ3n) is 2.24. The van der Waals surface area contributed by atoms with Crippen LogP contribution < -0.4 is 5.32 Å². The highest BCUT2D eigenvalue weighted by molar-refractivity contribution is 6.30. The number of nitrogens with one attached hydrogen (secondary N) is 1. The van der Waals surface area contributed by atoms with Crippen molar-refractivity contribution in [1.82, 2.24) is 5.32 Å². The van der Waals surface area contributed by atoms with E-state index in [9.17, 15) is 0 Å². The quantitative estimate of drug-likeness (QED) is 0.826. The van der Waals surface area contributed by atoms with Gasteiger partial charge in [0.1, 0.15) is 0 Å². The van der Waals surface area contributed by atoms with Crippen LogP contribution in [0.25, 0.3) is 0 Å². The van der Waals surface area contributed by atoms with Crippen LogP contribution in [-0.2, 0) is 4.74 Å². The lowest BCUT2D eigenvalue weighted by Crippen LogP contribution is -2.21. The monoisotopic (exact) mass is 241 g/mol. The lowest BCUT2D eigenvalue weighted by molar-refractivity contribution is 0.0363. The number of likely N-dealkylation sites (N-methyl/N-ethyl adjacent to an activating group) is 1. The second kappa shape index (κ2) is 6.89. The highest BCUT2D eigenvalue weighted by Gasteiger charge is 2.12. The second-order valence-electron chi connectivity index (χ2n) is 4.33. The first-order valence-electron chi connectivity index (χ1n) is 5.65. The average Bonchev–Trinajstić information content (AvgIpc) is 2.24. The zero-order valence-electron chi connectivity index (χ0n) is 10.2. The molecule has 0 aliphatic rings. The maximum Gasteiger partial charge on any atom is 0.0949 e. The van der Waals surface area contributed by atoms with Crippen molar-refractivity contribution in [1.29, 1.82) is 0 Å². The van der Waals surface area contributed by atoms with Crippen molar-refractivity contribution in [2.45, 2.75) is 20.0 Å². The van der Waals surface area contributed by atoms with Crippen molar-refractivity contribution in [2.75, 3.05) is 20.2 Å². The molecule has 0 aromatic heterocycles. The van der Waals surface area contributed by atoms with Gasteiger partial charge in [-0.2, -0.15) is 0 Å². The molecule has 2 nitrogen and oxygen atoms in total. The first-order valence-corrected chi connectivity index (χ1v) is 6.03. The van der Waals surface area contributed by atoms with Gasteiger partial charge in [0.25, 0.3) is 0 Å². The minimum Gasteiger partial charge on any atom is -0.372 e. The fraction of sp³-hybridized carbons (Fsp3) is 0.538. The molecule has 1 aromatic carbocycles. The molecule has 0 aliphatic carbocycles. The Balaban J connectivity index is 2.68. The molecule has 0 saturated heterocycles. The molecule has 0 radical (unpaired) electrons. The van der Waals surface area contributed by atoms with Crippen LogP contribution in [0.3, 0.4) is 0 Å². The Morgan fingerprint density at radius 3 is 2.69 bits per heavy atom. The van der Waals surface area contributed by atoms with Crippen LogP contribution in [0.1, 0.15) is 25.5 Å². The molecular weight excluding hydrogens is 222 g/mol. The summed E-state index contributed by atoms with van der Waals surface area (Å²) < 4.78 is 5.86. The van der Waals surface area contributed by atoms with E-state index in [0.717, 1.165) is 23.7 Å². The number of benzene rings is 1. The van der Waals surface area contributed by atoms with E-state index in [-0.39, 0.29) is 6.10 Å². The zero-order chi connectivity index (χ0) is 12.0. The van der Waals surface area contributed by atoms with Crippen LogP contribution in [0.5, 0.6) is 0 Å². The topological polar surface area (TPSA) is 21.3 Å². The number of halogens is 1. The molecule has 1 atom stereocenters. The van der Waals surface area contributed by atoms with Gasteiger partial charge in [-0.05, 0) is 30.7 Å². The number of rotatable bonds is 6. The molecule has 0 heterocycles. The van der Waals surface area contributed by atoms with Crippen molar-refractivity contribution < 1.29 is 4.74 Å². The highest BCUT2D eigenvalue weighted by atomic mass is 35.5. The first-order chi connectivity index (χ1) is 7.63. The summed E-state index contributed by atoms with van der Waals surface area (Å²) in [6.45, 7) is 5.86. The Bertz CT molecular complexity index is 315. The van der Waals surface area contributed by atoms with Gasteiger partial charge in [-0.25, -0.2) is 0 Å². The zero-order valence-corrected chi connectivity index (χ0v) is 10.9. The standard InChI is InChI=1S/C13H20ClNO/c1-10(2)9-16-13(8-15-3)11-5-4-6-12(14)7-11/h4-7,10,13,15H,8-9H2,1-3H3. The average molecular weight is 242 g/mol. The van der Waals surface area contributed by atoms with Crippen LogP contribution in [0.15, 0.2) is 24.3 Å². The largest absolute Gasteiger partial charge is 0.372 e. The summed E-state index contributed by atoms with van der Waals surface area (Å²) in [7, 11) is 1.93. The summed E-state index contributed by atoms with van der Waals surface area (Å²) in [5.74, 6) is 0.540. The van der Waals surface area contributed by atoms with Crippen molar-refractivity contribution in [3.05, 3.63) is 34.9 Å². The second-order valence-corrected chi connectivity index (χ2v) is 4.76. The summed E-state index contributed by atoms with van der Waals surface area (Å²) in [6.07, 6.45) is 0.0751. The predicted molar refractivity (Wildman–Crippen MR) is 68.9 cm³/mol. The molecule has 1 unspecified atom stereocenters. The molecule has 0 spiro atoms. The normalized spacial score (nSPS) is 13.1. The van der Waals surface area contributed by atoms with Crippen molar-refractivity contribution in [2.24, 2.45) is 5.92 Å². The van der Waals surface area contributed by atoms with E-state index in [4.69, 9.17) is 16.3 Å². The summed E-state index contributed by atoms with van der Waals surface area (Å²) in [5.41, 5.74) is 1.13. The van der Waals surface area contributed by atoms with E-state index in [1.807, 2.05) is 31.3 Å². The van der Waals surface area contributed by atoms with E-state index in [1.165, 1.54) is 0 Å². The van der Waals surface area contributed by atoms with E-state index >= 15 is 0 Å². The van der Waals surface area contributed by atoms with Crippen molar-refractivity contribution in [3.8, 4) is 0 Å². The molecular formula is C13H20ClNO. The van der Waals surface area contributed by atoms with Crippen LogP contribution in [0.4, 0.5) is 0 Å². The number of hydrogen-bond donors (Lipinski definition) is 1. The Labute approximate surface area is 103 Å². The molecule has 0 saturated carbocycles. The summed E-state index contributed by atoms with van der Waals surface area (Å²) in [6, 6.07) is 7.85. The summed E-state index contributed by atoms with van der Waals surface area (Å²) in [4.78, 5) is 0. The lowest BCUT2D eigenvalue weighted by Gasteiger charge is -2.19. The molecule has 3 heteroatoms. The van der Waals surface area contributed by atoms with E-state index < -0.39 is 0 Å². The van der Waals surface area contributed by atoms with E-state index in [2.05, 4.69) is 19.2 Å². The van der Waals surface area contributed by atoms with Gasteiger partial charge in [0.05, 0.1) is 6.10 Å². The van der Waals surface area contributed by atoms with Gasteiger partial charge in [0.15, 0.2) is 0 Å². The van der Waals surface area contributed by atoms with Gasteiger partial charge in [-0.3, -0.25) is 0 Å². The minimum absolute atomic E-state index is 0.0751. The Morgan fingerprint density at radius 1 is 1.38 bits per heavy atom. The number of hydrogen-bond acceptors (Lipinski definition) is 2. The first kappa shape index (κ1) is 13.5. The molecule has 1 aromatic rings. The molecule has 0 aliphatic heterocycles. The van der Waals surface area contributed by atoms with E-state index in [0.29, 0.717) is 5.92 Å². The minimum atomic E-state index is 0.0751. The Kier molecular flexibility index (Phi) is 5.81. The molecule has 1 N–H and O–H groups in total.